The first-order valence-electron chi connectivity index (χ1n) is 6.37. The fourth-order valence-corrected chi connectivity index (χ4v) is 1.96. The smallest absolute Gasteiger partial charge is 0.145 e. The van der Waals surface area contributed by atoms with Gasteiger partial charge in [-0.3, -0.25) is 4.98 Å². The molecule has 2 aromatic rings. The van der Waals surface area contributed by atoms with Crippen molar-refractivity contribution in [1.82, 2.24) is 10.3 Å². The number of rotatable bonds is 6. The van der Waals surface area contributed by atoms with E-state index >= 15 is 0 Å². The number of benzene rings is 1. The lowest BCUT2D eigenvalue weighted by atomic mass is 10.2. The van der Waals surface area contributed by atoms with Crippen LogP contribution in [0.2, 0.25) is 5.02 Å². The van der Waals surface area contributed by atoms with E-state index in [0.29, 0.717) is 17.3 Å². The monoisotopic (exact) mass is 276 g/mol. The topological polar surface area (TPSA) is 34.1 Å². The summed E-state index contributed by atoms with van der Waals surface area (Å²) in [5.41, 5.74) is 0.974. The summed E-state index contributed by atoms with van der Waals surface area (Å²) in [7, 11) is 0. The Morgan fingerprint density at radius 1 is 1.26 bits per heavy atom. The van der Waals surface area contributed by atoms with E-state index < -0.39 is 0 Å². The van der Waals surface area contributed by atoms with Gasteiger partial charge in [0.05, 0.1) is 6.20 Å². The Bertz CT molecular complexity index is 517. The lowest BCUT2D eigenvalue weighted by Gasteiger charge is -2.13. The third-order valence-electron chi connectivity index (χ3n) is 2.67. The van der Waals surface area contributed by atoms with Crippen LogP contribution in [0.15, 0.2) is 42.7 Å². The molecule has 1 aromatic carbocycles. The summed E-state index contributed by atoms with van der Waals surface area (Å²) >= 11 is 6.24. The van der Waals surface area contributed by atoms with Crippen LogP contribution in [0.5, 0.6) is 11.5 Å². The molecule has 19 heavy (non-hydrogen) atoms. The van der Waals surface area contributed by atoms with E-state index in [4.69, 9.17) is 16.3 Å². The van der Waals surface area contributed by atoms with Crippen LogP contribution >= 0.6 is 11.6 Å². The number of aromatic nitrogens is 1. The molecule has 0 saturated carbocycles. The first-order chi connectivity index (χ1) is 9.31. The minimum absolute atomic E-state index is 0.698. The molecule has 0 amide bonds. The van der Waals surface area contributed by atoms with Gasteiger partial charge < -0.3 is 10.1 Å². The summed E-state index contributed by atoms with van der Waals surface area (Å²) in [6.45, 7) is 3.79. The van der Waals surface area contributed by atoms with Crippen LogP contribution < -0.4 is 10.1 Å². The molecule has 0 bridgehead atoms. The fourth-order valence-electron chi connectivity index (χ4n) is 1.73. The lowest BCUT2D eigenvalue weighted by molar-refractivity contribution is 0.470. The molecule has 0 fully saturated rings. The van der Waals surface area contributed by atoms with Gasteiger partial charge in [-0.2, -0.15) is 0 Å². The van der Waals surface area contributed by atoms with Crippen LogP contribution in [0.1, 0.15) is 18.9 Å². The SMILES string of the molecule is CCCNCc1c(Cl)cccc1Oc1cccnc1. The van der Waals surface area contributed by atoms with E-state index in [2.05, 4.69) is 17.2 Å². The highest BCUT2D eigenvalue weighted by Crippen LogP contribution is 2.29. The second-order valence-corrected chi connectivity index (χ2v) is 4.59. The molecule has 0 radical (unpaired) electrons. The molecule has 3 nitrogen and oxygen atoms in total. The van der Waals surface area contributed by atoms with Gasteiger partial charge in [0.25, 0.3) is 0 Å². The van der Waals surface area contributed by atoms with Crippen LogP contribution in [0.25, 0.3) is 0 Å². The van der Waals surface area contributed by atoms with E-state index in [0.717, 1.165) is 24.3 Å². The van der Waals surface area contributed by atoms with E-state index in [1.54, 1.807) is 12.4 Å². The van der Waals surface area contributed by atoms with Gasteiger partial charge in [-0.15, -0.1) is 0 Å². The Balaban J connectivity index is 2.17. The Kier molecular flexibility index (Phi) is 5.19. The third-order valence-corrected chi connectivity index (χ3v) is 3.02. The molecule has 1 aromatic heterocycles. The Labute approximate surface area is 118 Å². The van der Waals surface area contributed by atoms with E-state index in [9.17, 15) is 0 Å². The van der Waals surface area contributed by atoms with Crippen molar-refractivity contribution in [3.63, 3.8) is 0 Å². The van der Waals surface area contributed by atoms with Crippen molar-refractivity contribution in [3.8, 4) is 11.5 Å². The van der Waals surface area contributed by atoms with Gasteiger partial charge in [0.2, 0.25) is 0 Å². The molecule has 2 rings (SSSR count). The summed E-state index contributed by atoms with van der Waals surface area (Å²) in [5, 5.41) is 4.05. The Morgan fingerprint density at radius 2 is 2.16 bits per heavy atom. The number of nitrogens with zero attached hydrogens (tertiary/aromatic N) is 1. The maximum atomic E-state index is 6.24. The first-order valence-corrected chi connectivity index (χ1v) is 6.75. The van der Waals surface area contributed by atoms with Gasteiger partial charge in [-0.05, 0) is 37.2 Å². The fraction of sp³-hybridized carbons (Fsp3) is 0.267. The number of pyridine rings is 1. The number of hydrogen-bond acceptors (Lipinski definition) is 3. The maximum Gasteiger partial charge on any atom is 0.145 e. The highest BCUT2D eigenvalue weighted by Gasteiger charge is 2.08. The second kappa shape index (κ2) is 7.12. The number of ether oxygens (including phenoxy) is 1. The Morgan fingerprint density at radius 3 is 2.89 bits per heavy atom. The van der Waals surface area contributed by atoms with Crippen LogP contribution in [-0.2, 0) is 6.54 Å². The molecular formula is C15H17ClN2O. The zero-order valence-electron chi connectivity index (χ0n) is 10.9. The third kappa shape index (κ3) is 3.94. The highest BCUT2D eigenvalue weighted by molar-refractivity contribution is 6.31. The van der Waals surface area contributed by atoms with Gasteiger partial charge in [-0.1, -0.05) is 24.6 Å². The minimum atomic E-state index is 0.698. The first kappa shape index (κ1) is 13.8. The largest absolute Gasteiger partial charge is 0.455 e. The molecule has 0 unspecified atom stereocenters. The van der Waals surface area contributed by atoms with Gasteiger partial charge >= 0.3 is 0 Å². The summed E-state index contributed by atoms with van der Waals surface area (Å²) in [4.78, 5) is 4.03. The number of nitrogens with one attached hydrogen (secondary N) is 1. The van der Waals surface area contributed by atoms with Crippen molar-refractivity contribution in [1.29, 1.82) is 0 Å². The van der Waals surface area contributed by atoms with Crippen LogP contribution in [-0.4, -0.2) is 11.5 Å². The molecule has 0 spiro atoms. The molecular weight excluding hydrogens is 260 g/mol. The lowest BCUT2D eigenvalue weighted by Crippen LogP contribution is -2.14. The second-order valence-electron chi connectivity index (χ2n) is 4.18. The summed E-state index contributed by atoms with van der Waals surface area (Å²) in [5.74, 6) is 1.48. The molecule has 4 heteroatoms. The van der Waals surface area contributed by atoms with Crippen LogP contribution in [0.3, 0.4) is 0 Å². The minimum Gasteiger partial charge on any atom is -0.455 e. The average Bonchev–Trinajstić information content (AvgIpc) is 2.43. The molecule has 0 saturated heterocycles. The average molecular weight is 277 g/mol. The molecule has 1 heterocycles. The zero-order valence-corrected chi connectivity index (χ0v) is 11.7. The Hall–Kier alpha value is -1.58. The quantitative estimate of drug-likeness (QED) is 0.809. The predicted molar refractivity (Wildman–Crippen MR) is 77.8 cm³/mol. The number of halogens is 1. The van der Waals surface area contributed by atoms with Gasteiger partial charge in [0.1, 0.15) is 11.5 Å². The molecule has 0 aliphatic rings. The molecule has 0 aliphatic heterocycles. The molecule has 0 aliphatic carbocycles. The molecule has 0 atom stereocenters. The van der Waals surface area contributed by atoms with E-state index in [1.807, 2.05) is 30.3 Å². The standard InChI is InChI=1S/C15H17ClN2O/c1-2-8-17-11-13-14(16)6-3-7-15(13)19-12-5-4-9-18-10-12/h3-7,9-10,17H,2,8,11H2,1H3. The van der Waals surface area contributed by atoms with Crippen molar-refractivity contribution < 1.29 is 4.74 Å². The van der Waals surface area contributed by atoms with Crippen molar-refractivity contribution >= 4 is 11.6 Å². The van der Waals surface area contributed by atoms with Crippen molar-refractivity contribution in [2.24, 2.45) is 0 Å². The number of hydrogen-bond donors (Lipinski definition) is 1. The summed E-state index contributed by atoms with van der Waals surface area (Å²) in [6, 6.07) is 9.39. The van der Waals surface area contributed by atoms with Crippen molar-refractivity contribution in [2.75, 3.05) is 6.54 Å². The van der Waals surface area contributed by atoms with Gasteiger partial charge in [0, 0.05) is 23.3 Å². The van der Waals surface area contributed by atoms with E-state index in [-0.39, 0.29) is 0 Å². The van der Waals surface area contributed by atoms with Crippen molar-refractivity contribution in [3.05, 3.63) is 53.3 Å². The van der Waals surface area contributed by atoms with Crippen molar-refractivity contribution in [2.45, 2.75) is 19.9 Å². The van der Waals surface area contributed by atoms with Gasteiger partial charge in [0.15, 0.2) is 0 Å². The van der Waals surface area contributed by atoms with Gasteiger partial charge in [-0.25, -0.2) is 0 Å². The predicted octanol–water partition coefficient (Wildman–Crippen LogP) is 4.03. The van der Waals surface area contributed by atoms with Crippen LogP contribution in [0.4, 0.5) is 0 Å². The summed E-state index contributed by atoms with van der Waals surface area (Å²) in [6.07, 6.45) is 4.49. The molecule has 1 N–H and O–H groups in total. The molecule has 100 valence electrons. The summed E-state index contributed by atoms with van der Waals surface area (Å²) < 4.78 is 5.83. The normalized spacial score (nSPS) is 10.4. The van der Waals surface area contributed by atoms with Crippen LogP contribution in [0, 0.1) is 0 Å². The maximum absolute atomic E-state index is 6.24. The van der Waals surface area contributed by atoms with E-state index in [1.165, 1.54) is 0 Å². The highest BCUT2D eigenvalue weighted by atomic mass is 35.5. The zero-order chi connectivity index (χ0) is 13.5.